The predicted molar refractivity (Wildman–Crippen MR) is 71.8 cm³/mol. The van der Waals surface area contributed by atoms with Gasteiger partial charge in [-0.3, -0.25) is 0 Å². The van der Waals surface area contributed by atoms with Crippen LogP contribution in [-0.4, -0.2) is 26.3 Å². The van der Waals surface area contributed by atoms with Crippen LogP contribution in [0.1, 0.15) is 53.9 Å². The van der Waals surface area contributed by atoms with E-state index in [9.17, 15) is 0 Å². The van der Waals surface area contributed by atoms with E-state index in [0.29, 0.717) is 5.41 Å². The topological polar surface area (TPSA) is 21.3 Å². The van der Waals surface area contributed by atoms with Crippen LogP contribution in [0.15, 0.2) is 0 Å². The molecule has 1 fully saturated rings. The van der Waals surface area contributed by atoms with Crippen molar-refractivity contribution in [2.75, 3.05) is 26.3 Å². The van der Waals surface area contributed by atoms with Gasteiger partial charge in [-0.1, -0.05) is 53.9 Å². The van der Waals surface area contributed by atoms with Gasteiger partial charge in [0.2, 0.25) is 0 Å². The summed E-state index contributed by atoms with van der Waals surface area (Å²) in [6, 6.07) is 0. The minimum Gasteiger partial charge on any atom is -0.379 e. The molecule has 2 heteroatoms. The highest BCUT2D eigenvalue weighted by molar-refractivity contribution is 4.71. The molecular weight excluding hydrogens is 198 g/mol. The van der Waals surface area contributed by atoms with Gasteiger partial charge in [0.05, 0.1) is 13.2 Å². The standard InChI is InChI=1S/C10H22.C4H9NO/c1-6-8-9(7-2)10(3,4)5;1-3-6-4-2-5-1/h9H,6-8H2,1-5H3;5H,1-4H2. The quantitative estimate of drug-likeness (QED) is 0.800. The van der Waals surface area contributed by atoms with Crippen LogP contribution in [0.4, 0.5) is 0 Å². The minimum absolute atomic E-state index is 0.519. The van der Waals surface area contributed by atoms with Crippen LogP contribution in [0.5, 0.6) is 0 Å². The number of nitrogens with one attached hydrogen (secondary N) is 1. The van der Waals surface area contributed by atoms with E-state index < -0.39 is 0 Å². The van der Waals surface area contributed by atoms with Gasteiger partial charge < -0.3 is 10.1 Å². The number of morpholine rings is 1. The van der Waals surface area contributed by atoms with Gasteiger partial charge in [0.1, 0.15) is 0 Å². The van der Waals surface area contributed by atoms with Crippen molar-refractivity contribution in [1.82, 2.24) is 5.32 Å². The number of hydrogen-bond donors (Lipinski definition) is 1. The highest BCUT2D eigenvalue weighted by atomic mass is 16.5. The monoisotopic (exact) mass is 229 g/mol. The van der Waals surface area contributed by atoms with E-state index in [4.69, 9.17) is 4.74 Å². The third kappa shape index (κ3) is 8.12. The second-order valence-corrected chi connectivity index (χ2v) is 5.62. The molecule has 1 aliphatic rings. The van der Waals surface area contributed by atoms with Crippen LogP contribution in [0.3, 0.4) is 0 Å². The molecule has 1 aliphatic heterocycles. The number of hydrogen-bond acceptors (Lipinski definition) is 2. The molecule has 0 aliphatic carbocycles. The van der Waals surface area contributed by atoms with Crippen molar-refractivity contribution in [3.63, 3.8) is 0 Å². The van der Waals surface area contributed by atoms with E-state index in [1.54, 1.807) is 0 Å². The van der Waals surface area contributed by atoms with Gasteiger partial charge in [0.15, 0.2) is 0 Å². The second-order valence-electron chi connectivity index (χ2n) is 5.62. The summed E-state index contributed by atoms with van der Waals surface area (Å²) in [6.45, 7) is 15.4. The zero-order valence-electron chi connectivity index (χ0n) is 11.9. The summed E-state index contributed by atoms with van der Waals surface area (Å²) in [5, 5.41) is 3.16. The summed E-state index contributed by atoms with van der Waals surface area (Å²) >= 11 is 0. The Morgan fingerprint density at radius 3 is 1.81 bits per heavy atom. The Balaban J connectivity index is 0.000000315. The Morgan fingerprint density at radius 2 is 1.69 bits per heavy atom. The Hall–Kier alpha value is -0.0800. The lowest BCUT2D eigenvalue weighted by atomic mass is 9.77. The van der Waals surface area contributed by atoms with Gasteiger partial charge in [-0.15, -0.1) is 0 Å². The molecule has 0 spiro atoms. The van der Waals surface area contributed by atoms with E-state index in [2.05, 4.69) is 39.9 Å². The fourth-order valence-electron chi connectivity index (χ4n) is 2.11. The maximum Gasteiger partial charge on any atom is 0.0591 e. The molecule has 0 saturated carbocycles. The maximum atomic E-state index is 5.01. The zero-order valence-corrected chi connectivity index (χ0v) is 11.9. The van der Waals surface area contributed by atoms with Gasteiger partial charge in [0, 0.05) is 13.1 Å². The fourth-order valence-corrected chi connectivity index (χ4v) is 2.11. The van der Waals surface area contributed by atoms with Crippen molar-refractivity contribution in [1.29, 1.82) is 0 Å². The van der Waals surface area contributed by atoms with Crippen LogP contribution < -0.4 is 5.32 Å². The summed E-state index contributed by atoms with van der Waals surface area (Å²) in [4.78, 5) is 0. The predicted octanol–water partition coefficient (Wildman–Crippen LogP) is 3.47. The average molecular weight is 229 g/mol. The lowest BCUT2D eigenvalue weighted by molar-refractivity contribution is 0.109. The first-order valence-corrected chi connectivity index (χ1v) is 6.80. The fraction of sp³-hybridized carbons (Fsp3) is 1.00. The SMILES string of the molecule is C1COCCN1.CCCC(CC)C(C)(C)C. The van der Waals surface area contributed by atoms with Crippen molar-refractivity contribution in [2.24, 2.45) is 11.3 Å². The Bertz CT molecular complexity index is 136. The van der Waals surface area contributed by atoms with Crippen LogP contribution in [0, 0.1) is 11.3 Å². The number of ether oxygens (including phenoxy) is 1. The molecule has 0 aromatic heterocycles. The van der Waals surface area contributed by atoms with Crippen molar-refractivity contribution in [3.8, 4) is 0 Å². The molecule has 16 heavy (non-hydrogen) atoms. The van der Waals surface area contributed by atoms with Crippen LogP contribution in [-0.2, 0) is 4.74 Å². The largest absolute Gasteiger partial charge is 0.379 e. The van der Waals surface area contributed by atoms with Gasteiger partial charge in [-0.2, -0.15) is 0 Å². The maximum absolute atomic E-state index is 5.01. The number of rotatable bonds is 3. The third-order valence-electron chi connectivity index (χ3n) is 3.20. The smallest absolute Gasteiger partial charge is 0.0591 e. The van der Waals surface area contributed by atoms with Crippen LogP contribution in [0.25, 0.3) is 0 Å². The highest BCUT2D eigenvalue weighted by Gasteiger charge is 2.21. The molecule has 1 rings (SSSR count). The van der Waals surface area contributed by atoms with Gasteiger partial charge in [0.25, 0.3) is 0 Å². The van der Waals surface area contributed by atoms with Crippen molar-refractivity contribution < 1.29 is 4.74 Å². The molecule has 1 saturated heterocycles. The first-order chi connectivity index (χ1) is 7.52. The molecule has 1 unspecified atom stereocenters. The Kier molecular flexibility index (Phi) is 8.96. The summed E-state index contributed by atoms with van der Waals surface area (Å²) in [7, 11) is 0. The lowest BCUT2D eigenvalue weighted by Crippen LogP contribution is -2.30. The van der Waals surface area contributed by atoms with Crippen molar-refractivity contribution in [2.45, 2.75) is 53.9 Å². The molecule has 0 radical (unpaired) electrons. The zero-order chi connectivity index (χ0) is 12.4. The van der Waals surface area contributed by atoms with Crippen LogP contribution >= 0.6 is 0 Å². The molecule has 0 aromatic carbocycles. The highest BCUT2D eigenvalue weighted by Crippen LogP contribution is 2.31. The molecule has 0 bridgehead atoms. The normalized spacial score (nSPS) is 18.6. The van der Waals surface area contributed by atoms with Crippen LogP contribution in [0.2, 0.25) is 0 Å². The molecular formula is C14H31NO. The summed E-state index contributed by atoms with van der Waals surface area (Å²) in [5.41, 5.74) is 0.519. The average Bonchev–Trinajstić information content (AvgIpc) is 2.27. The summed E-state index contributed by atoms with van der Waals surface area (Å²) in [5.74, 6) is 0.914. The van der Waals surface area contributed by atoms with E-state index in [1.165, 1.54) is 19.3 Å². The molecule has 1 atom stereocenters. The minimum atomic E-state index is 0.519. The van der Waals surface area contributed by atoms with E-state index in [-0.39, 0.29) is 0 Å². The molecule has 2 nitrogen and oxygen atoms in total. The lowest BCUT2D eigenvalue weighted by Gasteiger charge is -2.29. The Labute approximate surface area is 102 Å². The summed E-state index contributed by atoms with van der Waals surface area (Å²) in [6.07, 6.45) is 4.05. The Morgan fingerprint density at radius 1 is 1.12 bits per heavy atom. The van der Waals surface area contributed by atoms with E-state index in [1.807, 2.05) is 0 Å². The molecule has 0 aromatic rings. The molecule has 98 valence electrons. The van der Waals surface area contributed by atoms with Gasteiger partial charge in [-0.25, -0.2) is 0 Å². The van der Waals surface area contributed by atoms with Crippen molar-refractivity contribution in [3.05, 3.63) is 0 Å². The molecule has 0 amide bonds. The third-order valence-corrected chi connectivity index (χ3v) is 3.20. The second kappa shape index (κ2) is 9.00. The van der Waals surface area contributed by atoms with Gasteiger partial charge >= 0.3 is 0 Å². The summed E-state index contributed by atoms with van der Waals surface area (Å²) < 4.78 is 5.01. The molecule has 1 N–H and O–H groups in total. The van der Waals surface area contributed by atoms with E-state index in [0.717, 1.165) is 32.2 Å². The van der Waals surface area contributed by atoms with Crippen molar-refractivity contribution >= 4 is 0 Å². The van der Waals surface area contributed by atoms with Gasteiger partial charge in [-0.05, 0) is 11.3 Å². The first-order valence-electron chi connectivity index (χ1n) is 6.80. The van der Waals surface area contributed by atoms with E-state index >= 15 is 0 Å². The molecule has 1 heterocycles. The first kappa shape index (κ1) is 15.9.